The number of hydrogen-bond donors (Lipinski definition) is 0. The number of carbonyl (C=O) groups excluding carboxylic acids is 1. The Morgan fingerprint density at radius 2 is 2.33 bits per heavy atom. The number of hydrogen-bond acceptors (Lipinski definition) is 2. The molecule has 3 heteroatoms. The molecule has 0 radical (unpaired) electrons. The molecule has 1 aliphatic rings. The van der Waals surface area contributed by atoms with Crippen LogP contribution >= 0.6 is 0 Å². The first-order chi connectivity index (χ1) is 5.66. The highest BCUT2D eigenvalue weighted by atomic mass is 32.2. The molecule has 1 fully saturated rings. The molecule has 12 heavy (non-hydrogen) atoms. The van der Waals surface area contributed by atoms with Gasteiger partial charge >= 0.3 is 0 Å². The van der Waals surface area contributed by atoms with Crippen molar-refractivity contribution in [2.45, 2.75) is 50.0 Å². The van der Waals surface area contributed by atoms with E-state index in [1.54, 1.807) is 0 Å². The standard InChI is InChI=1S/C9H16O2S/c1-3-7(2)12(11)9-6-4-5-8(9)10/h7,9H,3-6H2,1-2H3. The highest BCUT2D eigenvalue weighted by Gasteiger charge is 2.31. The summed E-state index contributed by atoms with van der Waals surface area (Å²) >= 11 is 0. The van der Waals surface area contributed by atoms with Gasteiger partial charge in [-0.3, -0.25) is 9.00 Å². The number of rotatable bonds is 3. The highest BCUT2D eigenvalue weighted by molar-refractivity contribution is 7.87. The quantitative estimate of drug-likeness (QED) is 0.675. The van der Waals surface area contributed by atoms with Crippen molar-refractivity contribution in [1.82, 2.24) is 0 Å². The van der Waals surface area contributed by atoms with Gasteiger partial charge in [-0.1, -0.05) is 13.8 Å². The van der Waals surface area contributed by atoms with Gasteiger partial charge in [-0.2, -0.15) is 0 Å². The average molecular weight is 188 g/mol. The summed E-state index contributed by atoms with van der Waals surface area (Å²) in [6.45, 7) is 3.98. The molecule has 70 valence electrons. The SMILES string of the molecule is CCC(C)S(=O)C1CCCC1=O. The van der Waals surface area contributed by atoms with Crippen molar-refractivity contribution in [3.63, 3.8) is 0 Å². The maximum absolute atomic E-state index is 11.7. The van der Waals surface area contributed by atoms with E-state index in [1.807, 2.05) is 13.8 Å². The van der Waals surface area contributed by atoms with Crippen molar-refractivity contribution in [3.05, 3.63) is 0 Å². The Labute approximate surface area is 76.2 Å². The van der Waals surface area contributed by atoms with Crippen molar-refractivity contribution >= 4 is 16.6 Å². The fraction of sp³-hybridized carbons (Fsp3) is 0.889. The normalized spacial score (nSPS) is 28.8. The van der Waals surface area contributed by atoms with Crippen LogP contribution in [0.15, 0.2) is 0 Å². The second-order valence-corrected chi connectivity index (χ2v) is 5.43. The summed E-state index contributed by atoms with van der Waals surface area (Å²) in [6.07, 6.45) is 3.32. The Morgan fingerprint density at radius 3 is 2.75 bits per heavy atom. The van der Waals surface area contributed by atoms with Crippen LogP contribution in [0.5, 0.6) is 0 Å². The first-order valence-corrected chi connectivity index (χ1v) is 5.86. The van der Waals surface area contributed by atoms with E-state index in [9.17, 15) is 9.00 Å². The first kappa shape index (κ1) is 9.90. The predicted octanol–water partition coefficient (Wildman–Crippen LogP) is 1.66. The zero-order valence-corrected chi connectivity index (χ0v) is 8.52. The summed E-state index contributed by atoms with van der Waals surface area (Å²) in [6, 6.07) is 0. The Bertz CT molecular complexity index is 201. The molecular weight excluding hydrogens is 172 g/mol. The summed E-state index contributed by atoms with van der Waals surface area (Å²) < 4.78 is 11.7. The first-order valence-electron chi connectivity index (χ1n) is 4.59. The molecule has 0 amide bonds. The van der Waals surface area contributed by atoms with E-state index in [4.69, 9.17) is 0 Å². The molecule has 2 nitrogen and oxygen atoms in total. The van der Waals surface area contributed by atoms with E-state index < -0.39 is 10.8 Å². The van der Waals surface area contributed by atoms with E-state index >= 15 is 0 Å². The molecule has 0 aromatic heterocycles. The van der Waals surface area contributed by atoms with Crippen LogP contribution in [0.25, 0.3) is 0 Å². The second kappa shape index (κ2) is 4.17. The maximum Gasteiger partial charge on any atom is 0.148 e. The van der Waals surface area contributed by atoms with E-state index in [2.05, 4.69) is 0 Å². The zero-order valence-electron chi connectivity index (χ0n) is 7.71. The van der Waals surface area contributed by atoms with Crippen LogP contribution in [0, 0.1) is 0 Å². The number of carbonyl (C=O) groups is 1. The topological polar surface area (TPSA) is 34.1 Å². The zero-order chi connectivity index (χ0) is 9.14. The number of ketones is 1. The Kier molecular flexibility index (Phi) is 3.44. The molecule has 3 atom stereocenters. The Hall–Kier alpha value is -0.180. The van der Waals surface area contributed by atoms with E-state index in [-0.39, 0.29) is 16.3 Å². The van der Waals surface area contributed by atoms with Crippen molar-refractivity contribution in [2.75, 3.05) is 0 Å². The summed E-state index contributed by atoms with van der Waals surface area (Å²) in [7, 11) is -0.920. The predicted molar refractivity (Wildman–Crippen MR) is 50.5 cm³/mol. The van der Waals surface area contributed by atoms with Crippen molar-refractivity contribution < 1.29 is 9.00 Å². The van der Waals surface area contributed by atoms with Gasteiger partial charge in [0.2, 0.25) is 0 Å². The van der Waals surface area contributed by atoms with Crippen LogP contribution in [0.3, 0.4) is 0 Å². The van der Waals surface area contributed by atoms with Crippen molar-refractivity contribution in [2.24, 2.45) is 0 Å². The average Bonchev–Trinajstić information content (AvgIpc) is 2.48. The van der Waals surface area contributed by atoms with Crippen LogP contribution < -0.4 is 0 Å². The second-order valence-electron chi connectivity index (χ2n) is 3.39. The smallest absolute Gasteiger partial charge is 0.148 e. The van der Waals surface area contributed by atoms with Gasteiger partial charge in [0.15, 0.2) is 0 Å². The monoisotopic (exact) mass is 188 g/mol. The molecule has 1 saturated carbocycles. The molecule has 0 aromatic carbocycles. The molecule has 1 aliphatic carbocycles. The lowest BCUT2D eigenvalue weighted by atomic mass is 10.3. The van der Waals surface area contributed by atoms with Crippen LogP contribution in [0.2, 0.25) is 0 Å². The Balaban J connectivity index is 2.57. The molecule has 0 heterocycles. The van der Waals surface area contributed by atoms with Gasteiger partial charge in [-0.05, 0) is 19.3 Å². The lowest BCUT2D eigenvalue weighted by Crippen LogP contribution is -2.26. The molecule has 0 aliphatic heterocycles. The largest absolute Gasteiger partial charge is 0.298 e. The molecule has 0 aromatic rings. The third kappa shape index (κ3) is 1.94. The highest BCUT2D eigenvalue weighted by Crippen LogP contribution is 2.22. The van der Waals surface area contributed by atoms with Crippen LogP contribution in [0.1, 0.15) is 39.5 Å². The van der Waals surface area contributed by atoms with Gasteiger partial charge in [0, 0.05) is 22.5 Å². The lowest BCUT2D eigenvalue weighted by molar-refractivity contribution is -0.117. The van der Waals surface area contributed by atoms with Crippen LogP contribution in [0.4, 0.5) is 0 Å². The van der Waals surface area contributed by atoms with Crippen molar-refractivity contribution in [1.29, 1.82) is 0 Å². The molecule has 0 N–H and O–H groups in total. The molecule has 3 unspecified atom stereocenters. The van der Waals surface area contributed by atoms with Crippen LogP contribution in [-0.4, -0.2) is 20.5 Å². The van der Waals surface area contributed by atoms with Crippen LogP contribution in [-0.2, 0) is 15.6 Å². The third-order valence-corrected chi connectivity index (χ3v) is 4.69. The van der Waals surface area contributed by atoms with Gasteiger partial charge in [0.25, 0.3) is 0 Å². The molecular formula is C9H16O2S. The van der Waals surface area contributed by atoms with Gasteiger partial charge in [-0.15, -0.1) is 0 Å². The fourth-order valence-electron chi connectivity index (χ4n) is 1.47. The third-order valence-electron chi connectivity index (χ3n) is 2.50. The summed E-state index contributed by atoms with van der Waals surface area (Å²) in [5.41, 5.74) is 0. The van der Waals surface area contributed by atoms with Crippen molar-refractivity contribution in [3.8, 4) is 0 Å². The van der Waals surface area contributed by atoms with Gasteiger partial charge < -0.3 is 0 Å². The van der Waals surface area contributed by atoms with E-state index in [0.29, 0.717) is 6.42 Å². The number of Topliss-reactive ketones (excluding diaryl/α,β-unsaturated/α-hetero) is 1. The van der Waals surface area contributed by atoms with Gasteiger partial charge in [-0.25, -0.2) is 0 Å². The van der Waals surface area contributed by atoms with Gasteiger partial charge in [0.1, 0.15) is 5.78 Å². The minimum absolute atomic E-state index is 0.139. The van der Waals surface area contributed by atoms with E-state index in [0.717, 1.165) is 19.3 Å². The summed E-state index contributed by atoms with van der Waals surface area (Å²) in [5.74, 6) is 0.216. The minimum atomic E-state index is -0.920. The van der Waals surface area contributed by atoms with E-state index in [1.165, 1.54) is 0 Å². The fourth-order valence-corrected chi connectivity index (χ4v) is 3.14. The lowest BCUT2D eigenvalue weighted by Gasteiger charge is -2.13. The minimum Gasteiger partial charge on any atom is -0.298 e. The molecule has 0 saturated heterocycles. The Morgan fingerprint density at radius 1 is 1.67 bits per heavy atom. The summed E-state index contributed by atoms with van der Waals surface area (Å²) in [5, 5.41) is 0.0389. The molecule has 0 spiro atoms. The van der Waals surface area contributed by atoms with Gasteiger partial charge in [0.05, 0.1) is 5.25 Å². The maximum atomic E-state index is 11.7. The molecule has 0 bridgehead atoms. The summed E-state index contributed by atoms with van der Waals surface area (Å²) in [4.78, 5) is 11.2. The molecule has 1 rings (SSSR count).